The molecule has 0 bridgehead atoms. The Hall–Kier alpha value is -2.17. The van der Waals surface area contributed by atoms with Crippen LogP contribution in [0.15, 0.2) is 47.4 Å². The summed E-state index contributed by atoms with van der Waals surface area (Å²) in [4.78, 5) is 10.6. The van der Waals surface area contributed by atoms with Crippen LogP contribution in [0.3, 0.4) is 0 Å². The summed E-state index contributed by atoms with van der Waals surface area (Å²) in [5.74, 6) is 0.127. The van der Waals surface area contributed by atoms with Crippen molar-refractivity contribution in [1.82, 2.24) is 4.31 Å². The lowest BCUT2D eigenvalue weighted by molar-refractivity contribution is -0.385. The summed E-state index contributed by atoms with van der Waals surface area (Å²) in [7, 11) is -2.53. The van der Waals surface area contributed by atoms with E-state index < -0.39 is 26.1 Å². The molecule has 1 aliphatic heterocycles. The first-order valence-corrected chi connectivity index (χ1v) is 10.0. The van der Waals surface area contributed by atoms with Gasteiger partial charge in [-0.15, -0.1) is 11.8 Å². The zero-order chi connectivity index (χ0) is 18.9. The standard InChI is InChI=1S/C16H15FN2O5S2/c1-24-15-7-2-11(10-14(15)19(20)21)16-18(8-9-25-16)26(22,23)13-5-3-12(17)4-6-13/h2-7,10,16H,8-9H2,1H3/t16-/m0/s1. The maximum absolute atomic E-state index is 13.1. The molecule has 0 aromatic heterocycles. The number of hydrogen-bond acceptors (Lipinski definition) is 6. The third-order valence-electron chi connectivity index (χ3n) is 3.95. The minimum atomic E-state index is -3.86. The molecule has 0 N–H and O–H groups in total. The molecule has 0 radical (unpaired) electrons. The minimum Gasteiger partial charge on any atom is -0.490 e. The van der Waals surface area contributed by atoms with Gasteiger partial charge in [0.05, 0.1) is 22.3 Å². The van der Waals surface area contributed by atoms with E-state index >= 15 is 0 Å². The minimum absolute atomic E-state index is 0.0191. The number of ether oxygens (including phenoxy) is 1. The summed E-state index contributed by atoms with van der Waals surface area (Å²) < 4.78 is 45.2. The number of rotatable bonds is 5. The van der Waals surface area contributed by atoms with Crippen molar-refractivity contribution >= 4 is 27.5 Å². The number of nitrogens with zero attached hydrogens (tertiary/aromatic N) is 2. The lowest BCUT2D eigenvalue weighted by Crippen LogP contribution is -2.30. The molecule has 26 heavy (non-hydrogen) atoms. The van der Waals surface area contributed by atoms with Gasteiger partial charge in [-0.2, -0.15) is 4.31 Å². The fourth-order valence-corrected chi connectivity index (χ4v) is 5.94. The Kier molecular flexibility index (Phi) is 5.17. The van der Waals surface area contributed by atoms with Crippen LogP contribution in [0.1, 0.15) is 10.9 Å². The first kappa shape index (κ1) is 18.6. The predicted molar refractivity (Wildman–Crippen MR) is 95.1 cm³/mol. The van der Waals surface area contributed by atoms with E-state index in [9.17, 15) is 22.9 Å². The van der Waals surface area contributed by atoms with Crippen LogP contribution in [-0.4, -0.2) is 37.1 Å². The van der Waals surface area contributed by atoms with Crippen LogP contribution in [0.5, 0.6) is 5.75 Å². The van der Waals surface area contributed by atoms with Crippen molar-refractivity contribution in [2.75, 3.05) is 19.4 Å². The van der Waals surface area contributed by atoms with E-state index in [0.29, 0.717) is 11.3 Å². The largest absolute Gasteiger partial charge is 0.490 e. The van der Waals surface area contributed by atoms with Crippen molar-refractivity contribution < 1.29 is 22.5 Å². The summed E-state index contributed by atoms with van der Waals surface area (Å²) in [5.41, 5.74) is 0.266. The van der Waals surface area contributed by atoms with Crippen LogP contribution in [-0.2, 0) is 10.0 Å². The van der Waals surface area contributed by atoms with Crippen LogP contribution >= 0.6 is 11.8 Å². The topological polar surface area (TPSA) is 89.8 Å². The Morgan fingerprint density at radius 3 is 2.58 bits per heavy atom. The second kappa shape index (κ2) is 7.22. The molecule has 2 aromatic carbocycles. The molecule has 0 saturated carbocycles. The van der Waals surface area contributed by atoms with Gasteiger partial charge in [-0.3, -0.25) is 10.1 Å². The normalized spacial score (nSPS) is 18.0. The van der Waals surface area contributed by atoms with Crippen LogP contribution in [0.25, 0.3) is 0 Å². The molecule has 1 aliphatic rings. The summed E-state index contributed by atoms with van der Waals surface area (Å²) in [6.45, 7) is 0.259. The number of halogens is 1. The van der Waals surface area contributed by atoms with Gasteiger partial charge < -0.3 is 4.74 Å². The van der Waals surface area contributed by atoms with Crippen molar-refractivity contribution in [2.45, 2.75) is 10.3 Å². The Morgan fingerprint density at radius 1 is 1.27 bits per heavy atom. The molecule has 0 amide bonds. The molecule has 7 nitrogen and oxygen atoms in total. The van der Waals surface area contributed by atoms with Gasteiger partial charge in [-0.1, -0.05) is 6.07 Å². The molecule has 1 heterocycles. The molecule has 1 saturated heterocycles. The van der Waals surface area contributed by atoms with Gasteiger partial charge >= 0.3 is 5.69 Å². The highest BCUT2D eigenvalue weighted by Gasteiger charge is 2.37. The lowest BCUT2D eigenvalue weighted by atomic mass is 10.2. The van der Waals surface area contributed by atoms with Gasteiger partial charge in [0.15, 0.2) is 5.75 Å². The first-order valence-electron chi connectivity index (χ1n) is 7.56. The molecule has 0 aliphatic carbocycles. The number of sulfonamides is 1. The molecule has 138 valence electrons. The third-order valence-corrected chi connectivity index (χ3v) is 7.23. The molecule has 0 spiro atoms. The Morgan fingerprint density at radius 2 is 1.96 bits per heavy atom. The van der Waals surface area contributed by atoms with E-state index in [1.54, 1.807) is 6.07 Å². The fraction of sp³-hybridized carbons (Fsp3) is 0.250. The highest BCUT2D eigenvalue weighted by molar-refractivity contribution is 8.01. The molecule has 1 atom stereocenters. The quantitative estimate of drug-likeness (QED) is 0.568. The Bertz CT molecular complexity index is 934. The molecular formula is C16H15FN2O5S2. The van der Waals surface area contributed by atoms with Crippen molar-refractivity contribution in [2.24, 2.45) is 0 Å². The Balaban J connectivity index is 1.99. The van der Waals surface area contributed by atoms with E-state index in [0.717, 1.165) is 12.1 Å². The molecule has 0 unspecified atom stereocenters. The maximum atomic E-state index is 13.1. The monoisotopic (exact) mass is 398 g/mol. The van der Waals surface area contributed by atoms with Crippen molar-refractivity contribution in [3.8, 4) is 5.75 Å². The molecular weight excluding hydrogens is 383 g/mol. The second-order valence-corrected chi connectivity index (χ2v) is 8.56. The molecule has 2 aromatic rings. The third kappa shape index (κ3) is 3.39. The van der Waals surface area contributed by atoms with Crippen molar-refractivity contribution in [1.29, 1.82) is 0 Å². The average molecular weight is 398 g/mol. The van der Waals surface area contributed by atoms with E-state index in [1.807, 2.05) is 0 Å². The van der Waals surface area contributed by atoms with E-state index in [1.165, 1.54) is 47.4 Å². The van der Waals surface area contributed by atoms with Gasteiger partial charge in [0.25, 0.3) is 0 Å². The number of nitro groups is 1. The van der Waals surface area contributed by atoms with E-state index in [4.69, 9.17) is 4.74 Å². The molecule has 10 heteroatoms. The summed E-state index contributed by atoms with van der Waals surface area (Å²) >= 11 is 1.37. The fourth-order valence-electron chi connectivity index (χ4n) is 2.71. The highest BCUT2D eigenvalue weighted by Crippen LogP contribution is 2.43. The highest BCUT2D eigenvalue weighted by atomic mass is 32.2. The Labute approximate surface area is 154 Å². The summed E-state index contributed by atoms with van der Waals surface area (Å²) in [6, 6.07) is 8.99. The summed E-state index contributed by atoms with van der Waals surface area (Å²) in [6.07, 6.45) is 0. The number of nitro benzene ring substituents is 1. The summed E-state index contributed by atoms with van der Waals surface area (Å²) in [5, 5.41) is 10.6. The second-order valence-electron chi connectivity index (χ2n) is 5.48. The molecule has 3 rings (SSSR count). The number of hydrogen-bond donors (Lipinski definition) is 0. The molecule has 1 fully saturated rings. The zero-order valence-electron chi connectivity index (χ0n) is 13.7. The van der Waals surface area contributed by atoms with Crippen molar-refractivity contribution in [3.63, 3.8) is 0 Å². The number of methoxy groups -OCH3 is 1. The van der Waals surface area contributed by atoms with Gasteiger partial charge in [0.1, 0.15) is 5.82 Å². The maximum Gasteiger partial charge on any atom is 0.311 e. The van der Waals surface area contributed by atoms with Crippen LogP contribution in [0.2, 0.25) is 0 Å². The lowest BCUT2D eigenvalue weighted by Gasteiger charge is -2.23. The smallest absolute Gasteiger partial charge is 0.311 e. The number of thioether (sulfide) groups is 1. The van der Waals surface area contributed by atoms with Gasteiger partial charge in [0, 0.05) is 18.4 Å². The van der Waals surface area contributed by atoms with Crippen LogP contribution in [0.4, 0.5) is 10.1 Å². The van der Waals surface area contributed by atoms with Gasteiger partial charge in [-0.25, -0.2) is 12.8 Å². The first-order chi connectivity index (χ1) is 12.3. The van der Waals surface area contributed by atoms with E-state index in [2.05, 4.69) is 0 Å². The van der Waals surface area contributed by atoms with Crippen LogP contribution < -0.4 is 4.74 Å². The van der Waals surface area contributed by atoms with Crippen LogP contribution in [0, 0.1) is 15.9 Å². The zero-order valence-corrected chi connectivity index (χ0v) is 15.3. The average Bonchev–Trinajstić information content (AvgIpc) is 3.12. The van der Waals surface area contributed by atoms with Gasteiger partial charge in [-0.05, 0) is 35.9 Å². The van der Waals surface area contributed by atoms with Crippen molar-refractivity contribution in [3.05, 3.63) is 64.0 Å². The SMILES string of the molecule is COc1ccc([C@@H]2SCCN2S(=O)(=O)c2ccc(F)cc2)cc1[N+](=O)[O-]. The predicted octanol–water partition coefficient (Wildman–Crippen LogP) is 3.18. The number of benzene rings is 2. The van der Waals surface area contributed by atoms with Gasteiger partial charge in [0.2, 0.25) is 10.0 Å². The van der Waals surface area contributed by atoms with E-state index in [-0.39, 0.29) is 22.9 Å².